The third-order valence-corrected chi connectivity index (χ3v) is 6.27. The van der Waals surface area contributed by atoms with Gasteiger partial charge in [0, 0.05) is 10.4 Å². The maximum Gasteiger partial charge on any atom is 0.301 e. The molecule has 31 heavy (non-hydrogen) atoms. The fraction of sp³-hybridized carbons (Fsp3) is 0.174. The first-order valence-corrected chi connectivity index (χ1v) is 10.3. The Balaban J connectivity index is 1.96. The van der Waals surface area contributed by atoms with Gasteiger partial charge in [0.15, 0.2) is 5.13 Å². The molecule has 1 fully saturated rings. The monoisotopic (exact) mass is 438 g/mol. The number of carbonyl (C=O) groups excluding carboxylic acids is 2. The van der Waals surface area contributed by atoms with Crippen molar-refractivity contribution in [2.45, 2.75) is 19.9 Å². The van der Waals surface area contributed by atoms with Crippen molar-refractivity contribution in [1.82, 2.24) is 4.98 Å². The fourth-order valence-corrected chi connectivity index (χ4v) is 4.42. The summed E-state index contributed by atoms with van der Waals surface area (Å²) in [6.45, 7) is 3.71. The maximum atomic E-state index is 13.4. The van der Waals surface area contributed by atoms with E-state index in [1.54, 1.807) is 24.3 Å². The molecule has 1 saturated heterocycles. The van der Waals surface area contributed by atoms with Crippen molar-refractivity contribution in [3.63, 3.8) is 0 Å². The number of anilines is 1. The molecule has 2 aromatic carbocycles. The number of carbonyl (C=O) groups is 2. The normalized spacial score (nSPS) is 17.9. The molecule has 1 atom stereocenters. The number of Topliss-reactive ketones (excluding diaryl/α,β-unsaturated/α-hetero) is 1. The number of ether oxygens (including phenoxy) is 1. The lowest BCUT2D eigenvalue weighted by atomic mass is 9.95. The highest BCUT2D eigenvalue weighted by molar-refractivity contribution is 7.16. The predicted molar refractivity (Wildman–Crippen MR) is 116 cm³/mol. The van der Waals surface area contributed by atoms with Crippen molar-refractivity contribution in [1.29, 1.82) is 0 Å². The maximum absolute atomic E-state index is 13.4. The summed E-state index contributed by atoms with van der Waals surface area (Å²) in [6.07, 6.45) is 0. The Morgan fingerprint density at radius 3 is 2.48 bits per heavy atom. The number of aromatic nitrogens is 1. The molecular weight excluding hydrogens is 419 g/mol. The zero-order valence-electron chi connectivity index (χ0n) is 17.0. The number of aryl methyl sites for hydroxylation is 2. The summed E-state index contributed by atoms with van der Waals surface area (Å²) in [5, 5.41) is 11.4. The topological polar surface area (TPSA) is 79.7 Å². The van der Waals surface area contributed by atoms with E-state index in [4.69, 9.17) is 4.74 Å². The number of rotatable bonds is 4. The van der Waals surface area contributed by atoms with Gasteiger partial charge in [-0.05, 0) is 55.8 Å². The molecule has 4 rings (SSSR count). The Bertz CT molecular complexity index is 1200. The molecule has 0 spiro atoms. The van der Waals surface area contributed by atoms with Crippen LogP contribution in [0.5, 0.6) is 5.75 Å². The summed E-state index contributed by atoms with van der Waals surface area (Å²) in [5.41, 5.74) is 1.48. The van der Waals surface area contributed by atoms with Crippen LogP contribution in [0.1, 0.15) is 27.7 Å². The van der Waals surface area contributed by atoms with Gasteiger partial charge in [-0.1, -0.05) is 12.1 Å². The van der Waals surface area contributed by atoms with E-state index in [0.29, 0.717) is 16.4 Å². The lowest BCUT2D eigenvalue weighted by Crippen LogP contribution is -2.29. The fourth-order valence-electron chi connectivity index (χ4n) is 3.48. The third kappa shape index (κ3) is 3.59. The molecule has 0 aliphatic carbocycles. The second-order valence-electron chi connectivity index (χ2n) is 7.09. The van der Waals surface area contributed by atoms with E-state index in [1.807, 2.05) is 13.8 Å². The predicted octanol–water partition coefficient (Wildman–Crippen LogP) is 4.53. The Labute approximate surface area is 182 Å². The number of halogens is 1. The third-order valence-electron chi connectivity index (χ3n) is 5.19. The van der Waals surface area contributed by atoms with E-state index in [0.717, 1.165) is 10.6 Å². The number of benzene rings is 2. The summed E-state index contributed by atoms with van der Waals surface area (Å²) in [7, 11) is 1.52. The van der Waals surface area contributed by atoms with Crippen LogP contribution in [0, 0.1) is 19.7 Å². The van der Waals surface area contributed by atoms with Crippen molar-refractivity contribution in [3.05, 3.63) is 81.6 Å². The van der Waals surface area contributed by atoms with Crippen LogP contribution >= 0.6 is 11.3 Å². The lowest BCUT2D eigenvalue weighted by molar-refractivity contribution is -0.132. The van der Waals surface area contributed by atoms with Gasteiger partial charge in [-0.3, -0.25) is 14.5 Å². The van der Waals surface area contributed by atoms with Crippen molar-refractivity contribution in [2.75, 3.05) is 12.0 Å². The van der Waals surface area contributed by atoms with Crippen molar-refractivity contribution >= 4 is 33.9 Å². The molecule has 1 aromatic heterocycles. The van der Waals surface area contributed by atoms with E-state index >= 15 is 0 Å². The minimum absolute atomic E-state index is 0.0876. The summed E-state index contributed by atoms with van der Waals surface area (Å²) in [6, 6.07) is 11.1. The molecule has 6 nitrogen and oxygen atoms in total. The molecule has 0 radical (unpaired) electrons. The second kappa shape index (κ2) is 7.96. The van der Waals surface area contributed by atoms with E-state index in [-0.39, 0.29) is 16.9 Å². The first-order valence-electron chi connectivity index (χ1n) is 9.46. The number of thiazole rings is 1. The van der Waals surface area contributed by atoms with E-state index in [2.05, 4.69) is 4.98 Å². The van der Waals surface area contributed by atoms with Crippen LogP contribution in [0.15, 0.2) is 54.1 Å². The van der Waals surface area contributed by atoms with Gasteiger partial charge in [0.1, 0.15) is 17.3 Å². The molecule has 158 valence electrons. The van der Waals surface area contributed by atoms with E-state index in [1.165, 1.54) is 47.6 Å². The van der Waals surface area contributed by atoms with Gasteiger partial charge in [-0.15, -0.1) is 11.3 Å². The summed E-state index contributed by atoms with van der Waals surface area (Å²) in [5.74, 6) is -1.93. The summed E-state index contributed by atoms with van der Waals surface area (Å²) < 4.78 is 18.7. The van der Waals surface area contributed by atoms with Crippen LogP contribution in [0.2, 0.25) is 0 Å². The lowest BCUT2D eigenvalue weighted by Gasteiger charge is -2.23. The Kier molecular flexibility index (Phi) is 5.32. The van der Waals surface area contributed by atoms with Crippen LogP contribution in [-0.4, -0.2) is 28.9 Å². The summed E-state index contributed by atoms with van der Waals surface area (Å²) >= 11 is 1.29. The largest absolute Gasteiger partial charge is 0.507 e. The SMILES string of the molecule is COc1cccc(C2/C(=C(\O)c3ccc(F)cc3)C(=O)C(=O)N2c2nc(C)c(C)s2)c1. The van der Waals surface area contributed by atoms with Crippen LogP contribution in [-0.2, 0) is 9.59 Å². The van der Waals surface area contributed by atoms with Crippen molar-refractivity contribution < 1.29 is 23.8 Å². The highest BCUT2D eigenvalue weighted by Crippen LogP contribution is 2.44. The molecule has 8 heteroatoms. The number of aliphatic hydroxyl groups is 1. The minimum atomic E-state index is -0.912. The number of methoxy groups -OCH3 is 1. The first kappa shape index (κ1) is 20.7. The van der Waals surface area contributed by atoms with Gasteiger partial charge >= 0.3 is 5.91 Å². The molecular formula is C23H19FN2O4S. The minimum Gasteiger partial charge on any atom is -0.507 e. The number of hydrogen-bond donors (Lipinski definition) is 1. The van der Waals surface area contributed by atoms with Gasteiger partial charge in [-0.2, -0.15) is 0 Å². The van der Waals surface area contributed by atoms with Crippen LogP contribution in [0.3, 0.4) is 0 Å². The molecule has 3 aromatic rings. The number of amides is 1. The summed E-state index contributed by atoms with van der Waals surface area (Å²) in [4.78, 5) is 32.8. The molecule has 1 unspecified atom stereocenters. The van der Waals surface area contributed by atoms with Crippen LogP contribution in [0.25, 0.3) is 5.76 Å². The number of nitrogens with zero attached hydrogens (tertiary/aromatic N) is 2. The van der Waals surface area contributed by atoms with Gasteiger partial charge in [0.05, 0.1) is 24.4 Å². The van der Waals surface area contributed by atoms with Gasteiger partial charge < -0.3 is 9.84 Å². The highest BCUT2D eigenvalue weighted by Gasteiger charge is 2.48. The molecule has 1 N–H and O–H groups in total. The number of hydrogen-bond acceptors (Lipinski definition) is 6. The van der Waals surface area contributed by atoms with Gasteiger partial charge in [0.25, 0.3) is 5.78 Å². The van der Waals surface area contributed by atoms with Crippen molar-refractivity contribution in [2.24, 2.45) is 0 Å². The quantitative estimate of drug-likeness (QED) is 0.368. The Morgan fingerprint density at radius 2 is 1.87 bits per heavy atom. The number of ketones is 1. The molecule has 1 aliphatic heterocycles. The van der Waals surface area contributed by atoms with E-state index in [9.17, 15) is 19.1 Å². The zero-order valence-corrected chi connectivity index (χ0v) is 17.9. The van der Waals surface area contributed by atoms with E-state index < -0.39 is 23.5 Å². The highest BCUT2D eigenvalue weighted by atomic mass is 32.1. The van der Waals surface area contributed by atoms with Gasteiger partial charge in [-0.25, -0.2) is 9.37 Å². The molecule has 1 amide bonds. The second-order valence-corrected chi connectivity index (χ2v) is 8.27. The van der Waals surface area contributed by atoms with Gasteiger partial charge in [0.2, 0.25) is 0 Å². The first-order chi connectivity index (χ1) is 14.8. The smallest absolute Gasteiger partial charge is 0.301 e. The van der Waals surface area contributed by atoms with Crippen LogP contribution in [0.4, 0.5) is 9.52 Å². The van der Waals surface area contributed by atoms with Crippen molar-refractivity contribution in [3.8, 4) is 5.75 Å². The Morgan fingerprint density at radius 1 is 1.16 bits per heavy atom. The average Bonchev–Trinajstić information content (AvgIpc) is 3.23. The number of aliphatic hydroxyl groups excluding tert-OH is 1. The average molecular weight is 438 g/mol. The molecule has 0 saturated carbocycles. The molecule has 2 heterocycles. The molecule has 1 aliphatic rings. The Hall–Kier alpha value is -3.52. The zero-order chi connectivity index (χ0) is 22.3. The molecule has 0 bridgehead atoms. The van der Waals surface area contributed by atoms with Crippen LogP contribution < -0.4 is 9.64 Å². The standard InChI is InChI=1S/C23H19FN2O4S/c1-12-13(2)31-23(25-12)26-19(15-5-4-6-17(11-15)30-3)18(21(28)22(26)29)20(27)14-7-9-16(24)10-8-14/h4-11,19,27H,1-3H3/b20-18+.